The zero-order valence-electron chi connectivity index (χ0n) is 42.4. The van der Waals surface area contributed by atoms with Crippen LogP contribution in [0.4, 0.5) is 17.1 Å². The van der Waals surface area contributed by atoms with E-state index in [4.69, 9.17) is 15.2 Å². The van der Waals surface area contributed by atoms with Crippen molar-refractivity contribution in [1.82, 2.24) is 13.7 Å². The number of non-ortho nitro benzene ring substituents is 1. The molecule has 0 atom stereocenters. The van der Waals surface area contributed by atoms with Gasteiger partial charge in [-0.2, -0.15) is 0 Å². The Bertz CT molecular complexity index is 3220. The number of anilines is 2. The number of aromatic nitrogens is 3. The predicted octanol–water partition coefficient (Wildman–Crippen LogP) is 8.36. The lowest BCUT2D eigenvalue weighted by atomic mass is 9.49. The van der Waals surface area contributed by atoms with Crippen LogP contribution in [0, 0.1) is 33.3 Å². The predicted molar refractivity (Wildman–Crippen MR) is 278 cm³/mol. The maximum atomic E-state index is 13.1. The van der Waals surface area contributed by atoms with E-state index in [2.05, 4.69) is 5.32 Å². The summed E-state index contributed by atoms with van der Waals surface area (Å²) >= 11 is 0. The number of carbonyl (C=O) groups excluding carboxylic acids is 3. The van der Waals surface area contributed by atoms with Gasteiger partial charge in [-0.3, -0.25) is 38.9 Å². The Morgan fingerprint density at radius 1 is 0.653 bits per heavy atom. The molecular formula is C55H66N6O11. The molecule has 382 valence electrons. The molecule has 0 unspecified atom stereocenters. The molecule has 4 aliphatic rings. The van der Waals surface area contributed by atoms with Gasteiger partial charge in [0.1, 0.15) is 13.2 Å². The number of rotatable bonds is 12. The van der Waals surface area contributed by atoms with E-state index >= 15 is 0 Å². The monoisotopic (exact) mass is 986 g/mol. The zero-order valence-corrected chi connectivity index (χ0v) is 42.4. The third kappa shape index (κ3) is 11.2. The molecular weight excluding hydrogens is 921 g/mol. The number of carbonyl (C=O) groups is 3. The van der Waals surface area contributed by atoms with Crippen LogP contribution in [0.3, 0.4) is 0 Å². The van der Waals surface area contributed by atoms with Crippen LogP contribution in [0.5, 0.6) is 0 Å². The van der Waals surface area contributed by atoms with Gasteiger partial charge in [-0.05, 0) is 152 Å². The van der Waals surface area contributed by atoms with E-state index < -0.39 is 27.5 Å². The highest BCUT2D eigenvalue weighted by Crippen LogP contribution is 2.61. The van der Waals surface area contributed by atoms with Crippen LogP contribution in [-0.2, 0) is 40.5 Å². The Morgan fingerprint density at radius 2 is 1.07 bits per heavy atom. The Hall–Kier alpha value is -7.14. The first kappa shape index (κ1) is 52.7. The fourth-order valence-corrected chi connectivity index (χ4v) is 11.4. The van der Waals surface area contributed by atoms with Gasteiger partial charge >= 0.3 is 11.9 Å². The number of amides is 1. The summed E-state index contributed by atoms with van der Waals surface area (Å²) in [5, 5.41) is 27.0. The molecule has 3 heterocycles. The maximum absolute atomic E-state index is 13.1. The van der Waals surface area contributed by atoms with Crippen molar-refractivity contribution < 1.29 is 33.9 Å². The second-order valence-corrected chi connectivity index (χ2v) is 21.8. The molecule has 10 rings (SSSR count). The largest absolute Gasteiger partial charge is 0.463 e. The number of nitrogens with zero attached hydrogens (tertiary/aromatic N) is 4. The number of pyridine rings is 3. The minimum absolute atomic E-state index is 0.0304. The highest BCUT2D eigenvalue weighted by Gasteiger charge is 2.51. The number of hydrogen-bond acceptors (Lipinski definition) is 12. The number of aliphatic hydroxyl groups is 1. The van der Waals surface area contributed by atoms with Gasteiger partial charge in [-0.15, -0.1) is 0 Å². The van der Waals surface area contributed by atoms with Crippen LogP contribution in [0.1, 0.15) is 100 Å². The molecule has 72 heavy (non-hydrogen) atoms. The van der Waals surface area contributed by atoms with E-state index in [0.717, 1.165) is 28.5 Å². The van der Waals surface area contributed by atoms with Gasteiger partial charge in [0, 0.05) is 77.8 Å². The third-order valence-corrected chi connectivity index (χ3v) is 14.6. The van der Waals surface area contributed by atoms with Crippen molar-refractivity contribution in [2.75, 3.05) is 30.9 Å². The summed E-state index contributed by atoms with van der Waals surface area (Å²) in [4.78, 5) is 83.6. The summed E-state index contributed by atoms with van der Waals surface area (Å²) in [5.41, 5.74) is 4.50. The van der Waals surface area contributed by atoms with Gasteiger partial charge in [0.05, 0.1) is 38.9 Å². The molecule has 0 aliphatic heterocycles. The Balaban J connectivity index is 0.000000163. The van der Waals surface area contributed by atoms with Crippen LogP contribution >= 0.6 is 0 Å². The average molecular weight is 987 g/mol. The highest BCUT2D eigenvalue weighted by atomic mass is 16.6. The quantitative estimate of drug-likeness (QED) is 0.0454. The first-order valence-electron chi connectivity index (χ1n) is 24.4. The average Bonchev–Trinajstić information content (AvgIpc) is 3.30. The van der Waals surface area contributed by atoms with Gasteiger partial charge in [-0.1, -0.05) is 18.2 Å². The van der Waals surface area contributed by atoms with E-state index in [0.29, 0.717) is 28.6 Å². The smallest absolute Gasteiger partial charge is 0.302 e. The lowest BCUT2D eigenvalue weighted by Gasteiger charge is -2.56. The molecule has 4 fully saturated rings. The summed E-state index contributed by atoms with van der Waals surface area (Å²) < 4.78 is 14.6. The summed E-state index contributed by atoms with van der Waals surface area (Å²) in [6.07, 6.45) is 13.2. The lowest BCUT2D eigenvalue weighted by molar-refractivity contribution is -0.383. The van der Waals surface area contributed by atoms with Gasteiger partial charge in [0.25, 0.3) is 22.4 Å². The van der Waals surface area contributed by atoms with Crippen molar-refractivity contribution in [1.29, 1.82) is 0 Å². The minimum Gasteiger partial charge on any atom is -0.463 e. The Kier molecular flexibility index (Phi) is 15.0. The standard InChI is InChI=1S/C25H32N2O3.C15H16N2O5.C15H18N2O3/c1-24(2,15-28)27-7-6-19-20(23(27)30)4-3-5-21(19)26-22(29)14-25-11-16-8-17(12-25)10-18(9-16)13-25;1-10(18)22-9-15(2,3)16-8-7-11-12(14(16)19)5-4-6-13(11)17(20)21;1-10(18)20-9-15(2,3)17-8-7-11-12(14(17)19)5-4-6-13(11)16/h3-7,16-18,28H,8-15H2,1-2H3,(H,26,29);4-8H,9H2,1-3H3;4-8H,9,16H2,1-3H3. The van der Waals surface area contributed by atoms with Crippen LogP contribution in [-0.4, -0.2) is 61.4 Å². The van der Waals surface area contributed by atoms with Crippen molar-refractivity contribution in [2.45, 2.75) is 117 Å². The molecule has 4 N–H and O–H groups in total. The van der Waals surface area contributed by atoms with Gasteiger partial charge in [0.15, 0.2) is 0 Å². The van der Waals surface area contributed by atoms with Gasteiger partial charge < -0.3 is 39.3 Å². The van der Waals surface area contributed by atoms with E-state index in [-0.39, 0.29) is 70.2 Å². The zero-order chi connectivity index (χ0) is 52.5. The van der Waals surface area contributed by atoms with Crippen LogP contribution in [0.25, 0.3) is 32.3 Å². The number of benzene rings is 3. The van der Waals surface area contributed by atoms with Crippen molar-refractivity contribution in [2.24, 2.45) is 23.2 Å². The molecule has 4 aliphatic carbocycles. The molecule has 0 saturated heterocycles. The number of ether oxygens (including phenoxy) is 2. The number of nitro groups is 1. The molecule has 4 bridgehead atoms. The molecule has 1 amide bonds. The Morgan fingerprint density at radius 3 is 1.54 bits per heavy atom. The van der Waals surface area contributed by atoms with Crippen molar-refractivity contribution in [3.63, 3.8) is 0 Å². The molecule has 0 spiro atoms. The summed E-state index contributed by atoms with van der Waals surface area (Å²) in [6, 6.07) is 20.3. The molecule has 17 nitrogen and oxygen atoms in total. The number of hydrogen-bond donors (Lipinski definition) is 3. The van der Waals surface area contributed by atoms with E-state index in [9.17, 15) is 44.0 Å². The van der Waals surface area contributed by atoms with Crippen molar-refractivity contribution in [3.05, 3.63) is 133 Å². The summed E-state index contributed by atoms with van der Waals surface area (Å²) in [7, 11) is 0. The van der Waals surface area contributed by atoms with Crippen LogP contribution < -0.4 is 27.7 Å². The van der Waals surface area contributed by atoms with Gasteiger partial charge in [0.2, 0.25) is 5.91 Å². The SMILES string of the molecule is CC(=O)OCC(C)(C)n1ccc2c(N)cccc2c1=O.CC(=O)OCC(C)(C)n1ccc2c([N+](=O)[O-])cccc2c1=O.CC(C)(CO)n1ccc2c(NC(=O)CC34CC5CC(CC(C5)C3)C4)cccc2c1=O. The van der Waals surface area contributed by atoms with Crippen molar-refractivity contribution in [3.8, 4) is 0 Å². The number of nitrogens with one attached hydrogen (secondary N) is 1. The molecule has 3 aromatic heterocycles. The molecule has 4 saturated carbocycles. The minimum atomic E-state index is -0.762. The number of aliphatic hydroxyl groups excluding tert-OH is 1. The number of nitro benzene ring substituents is 1. The molecule has 17 heteroatoms. The normalized spacial score (nSPS) is 19.2. The summed E-state index contributed by atoms with van der Waals surface area (Å²) in [6.45, 7) is 13.5. The fourth-order valence-electron chi connectivity index (χ4n) is 11.4. The number of nitrogen functional groups attached to an aromatic ring is 1. The second kappa shape index (κ2) is 20.5. The second-order valence-electron chi connectivity index (χ2n) is 21.8. The van der Waals surface area contributed by atoms with Crippen molar-refractivity contribution >= 4 is 67.2 Å². The van der Waals surface area contributed by atoms with Gasteiger partial charge in [-0.25, -0.2) is 0 Å². The lowest BCUT2D eigenvalue weighted by Crippen LogP contribution is -2.47. The van der Waals surface area contributed by atoms with Crippen LogP contribution in [0.2, 0.25) is 0 Å². The van der Waals surface area contributed by atoms with Crippen LogP contribution in [0.15, 0.2) is 106 Å². The first-order chi connectivity index (χ1) is 33.8. The summed E-state index contributed by atoms with van der Waals surface area (Å²) in [5.74, 6) is 1.76. The Labute approximate surface area is 417 Å². The third-order valence-electron chi connectivity index (χ3n) is 14.6. The molecule has 3 aromatic carbocycles. The highest BCUT2D eigenvalue weighted by molar-refractivity contribution is 6.02. The first-order valence-corrected chi connectivity index (χ1v) is 24.4. The number of nitrogens with two attached hydrogens (primary N) is 1. The van der Waals surface area contributed by atoms with E-state index in [1.54, 1.807) is 65.7 Å². The number of fused-ring (bicyclic) bond motifs is 3. The molecule has 6 aromatic rings. The fraction of sp³-hybridized carbons (Fsp3) is 0.455. The topological polar surface area (TPSA) is 237 Å². The maximum Gasteiger partial charge on any atom is 0.302 e. The number of esters is 2. The molecule has 0 radical (unpaired) electrons. The van der Waals surface area contributed by atoms with E-state index in [1.165, 1.54) is 81.3 Å². The van der Waals surface area contributed by atoms with E-state index in [1.807, 2.05) is 52.0 Å².